The zero-order valence-electron chi connectivity index (χ0n) is 17.2. The van der Waals surface area contributed by atoms with E-state index in [1.165, 1.54) is 24.3 Å². The van der Waals surface area contributed by atoms with Crippen molar-refractivity contribution in [3.63, 3.8) is 0 Å². The second kappa shape index (κ2) is 9.20. The van der Waals surface area contributed by atoms with Gasteiger partial charge in [0.15, 0.2) is 0 Å². The summed E-state index contributed by atoms with van der Waals surface area (Å²) < 4.78 is 14.9. The molecule has 3 aromatic carbocycles. The van der Waals surface area contributed by atoms with E-state index in [1.807, 2.05) is 24.3 Å². The van der Waals surface area contributed by atoms with E-state index in [4.69, 9.17) is 11.6 Å². The number of nitrogens with zero attached hydrogens (tertiary/aromatic N) is 2. The maximum Gasteiger partial charge on any atom is 0.253 e. The lowest BCUT2D eigenvalue weighted by Crippen LogP contribution is -2.30. The number of rotatable bonds is 6. The highest BCUT2D eigenvalue weighted by Gasteiger charge is 2.21. The summed E-state index contributed by atoms with van der Waals surface area (Å²) in [5, 5.41) is 6.01. The topological polar surface area (TPSA) is 76.0 Å². The molecular weight excluding hydrogens is 431 g/mol. The molecule has 0 fully saturated rings. The molecule has 8 heteroatoms. The molecule has 2 N–H and O–H groups in total. The van der Waals surface area contributed by atoms with Crippen LogP contribution in [0.4, 0.5) is 10.1 Å². The molecule has 0 spiro atoms. The maximum atomic E-state index is 13.1. The van der Waals surface area contributed by atoms with Crippen molar-refractivity contribution >= 4 is 40.1 Å². The summed E-state index contributed by atoms with van der Waals surface area (Å²) in [5.41, 5.74) is 2.31. The summed E-state index contributed by atoms with van der Waals surface area (Å²) in [6.07, 6.45) is 0. The number of para-hydroxylation sites is 2. The van der Waals surface area contributed by atoms with Crippen LogP contribution < -0.4 is 10.6 Å². The van der Waals surface area contributed by atoms with E-state index in [-0.39, 0.29) is 24.2 Å². The second-order valence-corrected chi connectivity index (χ2v) is 7.68. The number of hydrogen-bond donors (Lipinski definition) is 2. The van der Waals surface area contributed by atoms with Crippen molar-refractivity contribution in [2.45, 2.75) is 19.5 Å². The molecule has 0 radical (unpaired) electrons. The van der Waals surface area contributed by atoms with Gasteiger partial charge in [0.25, 0.3) is 5.91 Å². The number of carbonyl (C=O) groups excluding carboxylic acids is 2. The molecule has 6 nitrogen and oxygen atoms in total. The molecule has 1 heterocycles. The third kappa shape index (κ3) is 4.63. The zero-order chi connectivity index (χ0) is 22.7. The van der Waals surface area contributed by atoms with E-state index < -0.39 is 6.04 Å². The minimum atomic E-state index is -0.496. The molecule has 1 atom stereocenters. The SMILES string of the molecule is CC(NC(=O)c1ccccc1Cl)c1nc2ccccc2n1CC(=O)Nc1ccc(F)cc1. The minimum Gasteiger partial charge on any atom is -0.342 e. The highest BCUT2D eigenvalue weighted by atomic mass is 35.5. The number of carbonyl (C=O) groups is 2. The summed E-state index contributed by atoms with van der Waals surface area (Å²) in [4.78, 5) is 30.1. The van der Waals surface area contributed by atoms with Gasteiger partial charge in [-0.3, -0.25) is 9.59 Å². The van der Waals surface area contributed by atoms with E-state index in [1.54, 1.807) is 35.8 Å². The van der Waals surface area contributed by atoms with Crippen molar-refractivity contribution < 1.29 is 14.0 Å². The first-order valence-electron chi connectivity index (χ1n) is 9.98. The first kappa shape index (κ1) is 21.5. The Hall–Kier alpha value is -3.71. The molecule has 0 aliphatic rings. The Morgan fingerprint density at radius 1 is 1.03 bits per heavy atom. The Bertz CT molecular complexity index is 1290. The quantitative estimate of drug-likeness (QED) is 0.436. The van der Waals surface area contributed by atoms with Gasteiger partial charge in [-0.15, -0.1) is 0 Å². The van der Waals surface area contributed by atoms with Gasteiger partial charge in [0, 0.05) is 5.69 Å². The van der Waals surface area contributed by atoms with Gasteiger partial charge >= 0.3 is 0 Å². The van der Waals surface area contributed by atoms with Crippen LogP contribution >= 0.6 is 11.6 Å². The van der Waals surface area contributed by atoms with Crippen LogP contribution in [0.2, 0.25) is 5.02 Å². The summed E-state index contributed by atoms with van der Waals surface area (Å²) >= 11 is 6.14. The zero-order valence-corrected chi connectivity index (χ0v) is 17.9. The van der Waals surface area contributed by atoms with Gasteiger partial charge in [-0.25, -0.2) is 9.37 Å². The van der Waals surface area contributed by atoms with Crippen molar-refractivity contribution in [1.82, 2.24) is 14.9 Å². The fraction of sp³-hybridized carbons (Fsp3) is 0.125. The number of imidazole rings is 1. The van der Waals surface area contributed by atoms with Crippen molar-refractivity contribution in [1.29, 1.82) is 0 Å². The van der Waals surface area contributed by atoms with Crippen molar-refractivity contribution in [3.05, 3.63) is 95.0 Å². The Labute approximate surface area is 189 Å². The maximum absolute atomic E-state index is 13.1. The Kier molecular flexibility index (Phi) is 6.18. The number of anilines is 1. The summed E-state index contributed by atoms with van der Waals surface area (Å²) in [7, 11) is 0. The van der Waals surface area contributed by atoms with Gasteiger partial charge in [-0.2, -0.15) is 0 Å². The highest BCUT2D eigenvalue weighted by Crippen LogP contribution is 2.22. The molecule has 4 rings (SSSR count). The first-order chi connectivity index (χ1) is 15.4. The van der Waals surface area contributed by atoms with E-state index in [2.05, 4.69) is 15.6 Å². The van der Waals surface area contributed by atoms with Crippen LogP contribution in [0.15, 0.2) is 72.8 Å². The number of aromatic nitrogens is 2. The van der Waals surface area contributed by atoms with Crippen molar-refractivity contribution in [2.24, 2.45) is 0 Å². The second-order valence-electron chi connectivity index (χ2n) is 7.27. The van der Waals surface area contributed by atoms with E-state index in [9.17, 15) is 14.0 Å². The molecule has 1 aromatic heterocycles. The van der Waals surface area contributed by atoms with Gasteiger partial charge < -0.3 is 15.2 Å². The molecule has 0 saturated heterocycles. The van der Waals surface area contributed by atoms with E-state index in [0.717, 1.165) is 5.52 Å². The molecule has 0 bridgehead atoms. The molecule has 32 heavy (non-hydrogen) atoms. The minimum absolute atomic E-state index is 0.0282. The van der Waals surface area contributed by atoms with Crippen molar-refractivity contribution in [3.8, 4) is 0 Å². The fourth-order valence-electron chi connectivity index (χ4n) is 3.45. The van der Waals surface area contributed by atoms with Crippen LogP contribution in [0.5, 0.6) is 0 Å². The molecule has 0 aliphatic heterocycles. The Morgan fingerprint density at radius 3 is 2.47 bits per heavy atom. The monoisotopic (exact) mass is 450 g/mol. The Morgan fingerprint density at radius 2 is 1.72 bits per heavy atom. The third-order valence-corrected chi connectivity index (χ3v) is 5.30. The molecule has 1 unspecified atom stereocenters. The number of nitrogens with one attached hydrogen (secondary N) is 2. The lowest BCUT2D eigenvalue weighted by Gasteiger charge is -2.17. The van der Waals surface area contributed by atoms with Crippen LogP contribution in [0.25, 0.3) is 11.0 Å². The van der Waals surface area contributed by atoms with E-state index in [0.29, 0.717) is 27.6 Å². The van der Waals surface area contributed by atoms with E-state index >= 15 is 0 Å². The van der Waals surface area contributed by atoms with Gasteiger partial charge in [-0.1, -0.05) is 35.9 Å². The molecular formula is C24H20ClFN4O2. The average Bonchev–Trinajstić information content (AvgIpc) is 3.14. The van der Waals surface area contributed by atoms with Gasteiger partial charge in [-0.05, 0) is 55.5 Å². The lowest BCUT2D eigenvalue weighted by atomic mass is 10.2. The highest BCUT2D eigenvalue weighted by molar-refractivity contribution is 6.33. The fourth-order valence-corrected chi connectivity index (χ4v) is 3.67. The summed E-state index contributed by atoms with van der Waals surface area (Å²) in [6, 6.07) is 19.2. The molecule has 0 saturated carbocycles. The molecule has 4 aromatic rings. The predicted molar refractivity (Wildman–Crippen MR) is 122 cm³/mol. The largest absolute Gasteiger partial charge is 0.342 e. The van der Waals surface area contributed by atoms with Crippen LogP contribution in [0.1, 0.15) is 29.1 Å². The van der Waals surface area contributed by atoms with Crippen LogP contribution in [0, 0.1) is 5.82 Å². The molecule has 0 aliphatic carbocycles. The van der Waals surface area contributed by atoms with Crippen LogP contribution in [-0.4, -0.2) is 21.4 Å². The number of halogens is 2. The van der Waals surface area contributed by atoms with Crippen molar-refractivity contribution in [2.75, 3.05) is 5.32 Å². The smallest absolute Gasteiger partial charge is 0.253 e. The summed E-state index contributed by atoms with van der Waals surface area (Å²) in [5.74, 6) is -0.488. The Balaban J connectivity index is 1.59. The summed E-state index contributed by atoms with van der Waals surface area (Å²) in [6.45, 7) is 1.77. The van der Waals surface area contributed by atoms with Gasteiger partial charge in [0.1, 0.15) is 18.2 Å². The van der Waals surface area contributed by atoms with Crippen LogP contribution in [-0.2, 0) is 11.3 Å². The average molecular weight is 451 g/mol. The lowest BCUT2D eigenvalue weighted by molar-refractivity contribution is -0.116. The molecule has 2 amide bonds. The number of benzene rings is 3. The van der Waals surface area contributed by atoms with Crippen LogP contribution in [0.3, 0.4) is 0 Å². The first-order valence-corrected chi connectivity index (χ1v) is 10.4. The number of fused-ring (bicyclic) bond motifs is 1. The third-order valence-electron chi connectivity index (χ3n) is 4.97. The molecule has 162 valence electrons. The standard InChI is InChI=1S/C24H20ClFN4O2/c1-15(27-24(32)18-6-2-3-7-19(18)25)23-29-20-8-4-5-9-21(20)30(23)14-22(31)28-17-12-10-16(26)11-13-17/h2-13,15H,14H2,1H3,(H,27,32)(H,28,31). The normalized spacial score (nSPS) is 11.8. The number of hydrogen-bond acceptors (Lipinski definition) is 3. The number of amides is 2. The predicted octanol–water partition coefficient (Wildman–Crippen LogP) is 4.96. The van der Waals surface area contributed by atoms with Gasteiger partial charge in [0.05, 0.1) is 27.7 Å². The van der Waals surface area contributed by atoms with Gasteiger partial charge in [0.2, 0.25) is 5.91 Å².